The lowest BCUT2D eigenvalue weighted by atomic mass is 10.3. The van der Waals surface area contributed by atoms with Gasteiger partial charge in [-0.15, -0.1) is 12.4 Å². The highest BCUT2D eigenvalue weighted by Gasteiger charge is 2.23. The summed E-state index contributed by atoms with van der Waals surface area (Å²) < 4.78 is 1.42. The van der Waals surface area contributed by atoms with Gasteiger partial charge >= 0.3 is 0 Å². The average Bonchev–Trinajstić information content (AvgIpc) is 2.84. The third kappa shape index (κ3) is 3.74. The van der Waals surface area contributed by atoms with Crippen molar-refractivity contribution in [1.29, 1.82) is 0 Å². The van der Waals surface area contributed by atoms with Crippen LogP contribution in [0.15, 0.2) is 36.4 Å². The molecule has 1 fully saturated rings. The molecule has 128 valence electrons. The molecule has 1 aromatic carbocycles. The fraction of sp³-hybridized carbons (Fsp3) is 0.312. The predicted molar refractivity (Wildman–Crippen MR) is 92.7 cm³/mol. The summed E-state index contributed by atoms with van der Waals surface area (Å²) >= 11 is 0. The van der Waals surface area contributed by atoms with Gasteiger partial charge in [0.05, 0.1) is 5.69 Å². The lowest BCUT2D eigenvalue weighted by Crippen LogP contribution is -2.34. The van der Waals surface area contributed by atoms with Crippen molar-refractivity contribution in [2.75, 3.05) is 26.2 Å². The van der Waals surface area contributed by atoms with Gasteiger partial charge in [0.15, 0.2) is 5.69 Å². The first-order valence-corrected chi connectivity index (χ1v) is 7.62. The molecule has 1 aromatic heterocycles. The van der Waals surface area contributed by atoms with Crippen LogP contribution in [0.5, 0.6) is 0 Å². The van der Waals surface area contributed by atoms with Gasteiger partial charge in [-0.25, -0.2) is 4.68 Å². The van der Waals surface area contributed by atoms with Gasteiger partial charge in [0.1, 0.15) is 5.69 Å². The second-order valence-electron chi connectivity index (χ2n) is 5.42. The molecule has 0 aliphatic carbocycles. The van der Waals surface area contributed by atoms with Gasteiger partial charge < -0.3 is 16.0 Å². The second kappa shape index (κ2) is 7.94. The molecular weight excluding hydrogens is 330 g/mol. The molecule has 3 N–H and O–H groups in total. The zero-order valence-electron chi connectivity index (χ0n) is 13.1. The van der Waals surface area contributed by atoms with Crippen molar-refractivity contribution in [1.82, 2.24) is 20.0 Å². The lowest BCUT2D eigenvalue weighted by Gasteiger charge is -2.18. The number of nitrogens with one attached hydrogen (secondary N) is 1. The number of carbonyl (C=O) groups is 2. The number of benzene rings is 1. The molecule has 0 bridgehead atoms. The number of hydrogen-bond donors (Lipinski definition) is 2. The summed E-state index contributed by atoms with van der Waals surface area (Å²) in [5.74, 6) is -0.788. The summed E-state index contributed by atoms with van der Waals surface area (Å²) in [5, 5.41) is 7.56. The van der Waals surface area contributed by atoms with E-state index < -0.39 is 5.91 Å². The Morgan fingerprint density at radius 2 is 1.88 bits per heavy atom. The van der Waals surface area contributed by atoms with Gasteiger partial charge in [-0.1, -0.05) is 18.2 Å². The molecule has 0 spiro atoms. The Kier molecular flexibility index (Phi) is 5.94. The number of primary amides is 1. The number of rotatable bonds is 3. The Hall–Kier alpha value is -2.38. The molecule has 24 heavy (non-hydrogen) atoms. The summed E-state index contributed by atoms with van der Waals surface area (Å²) in [4.78, 5) is 26.1. The second-order valence-corrected chi connectivity index (χ2v) is 5.42. The van der Waals surface area contributed by atoms with Gasteiger partial charge in [-0.05, 0) is 25.1 Å². The number of nitrogens with zero attached hydrogens (tertiary/aromatic N) is 3. The predicted octanol–water partition coefficient (Wildman–Crippen LogP) is 0.828. The van der Waals surface area contributed by atoms with E-state index in [1.165, 1.54) is 10.7 Å². The topological polar surface area (TPSA) is 93.2 Å². The van der Waals surface area contributed by atoms with Crippen LogP contribution in [-0.4, -0.2) is 52.7 Å². The molecule has 0 unspecified atom stereocenters. The molecule has 1 aliphatic rings. The third-order valence-electron chi connectivity index (χ3n) is 3.81. The standard InChI is InChI=1S/C16H19N5O2.ClH/c17-15(22)14-11-13(16(23)20-9-4-7-18-8-10-20)19-21(14)12-5-2-1-3-6-12;/h1-3,5-6,11,18H,4,7-10H2,(H2,17,22);1H. The van der Waals surface area contributed by atoms with Crippen LogP contribution in [0, 0.1) is 0 Å². The van der Waals surface area contributed by atoms with E-state index in [9.17, 15) is 9.59 Å². The zero-order chi connectivity index (χ0) is 16.2. The monoisotopic (exact) mass is 349 g/mol. The van der Waals surface area contributed by atoms with Crippen LogP contribution >= 0.6 is 12.4 Å². The van der Waals surface area contributed by atoms with E-state index in [2.05, 4.69) is 10.4 Å². The average molecular weight is 350 g/mol. The van der Waals surface area contributed by atoms with E-state index in [1.807, 2.05) is 30.3 Å². The van der Waals surface area contributed by atoms with Crippen molar-refractivity contribution in [2.24, 2.45) is 5.73 Å². The number of hydrogen-bond acceptors (Lipinski definition) is 4. The minimum atomic E-state index is -0.613. The molecule has 0 atom stereocenters. The maximum atomic E-state index is 12.6. The minimum absolute atomic E-state index is 0. The maximum Gasteiger partial charge on any atom is 0.274 e. The highest BCUT2D eigenvalue weighted by atomic mass is 35.5. The molecule has 1 saturated heterocycles. The third-order valence-corrected chi connectivity index (χ3v) is 3.81. The van der Waals surface area contributed by atoms with Gasteiger partial charge in [0.25, 0.3) is 11.8 Å². The number of nitrogens with two attached hydrogens (primary N) is 1. The molecule has 3 rings (SSSR count). The highest BCUT2D eigenvalue weighted by molar-refractivity contribution is 5.97. The molecule has 0 radical (unpaired) electrons. The molecule has 7 nitrogen and oxygen atoms in total. The largest absolute Gasteiger partial charge is 0.364 e. The lowest BCUT2D eigenvalue weighted by molar-refractivity contribution is 0.0760. The Labute approximate surface area is 146 Å². The van der Waals surface area contributed by atoms with Crippen LogP contribution in [-0.2, 0) is 0 Å². The van der Waals surface area contributed by atoms with Crippen LogP contribution in [0.1, 0.15) is 27.4 Å². The summed E-state index contributed by atoms with van der Waals surface area (Å²) in [5.41, 5.74) is 6.57. The quantitative estimate of drug-likeness (QED) is 0.858. The Morgan fingerprint density at radius 1 is 1.12 bits per heavy atom. The summed E-state index contributed by atoms with van der Waals surface area (Å²) in [6.45, 7) is 2.96. The maximum absolute atomic E-state index is 12.6. The molecule has 2 aromatic rings. The van der Waals surface area contributed by atoms with Crippen molar-refractivity contribution in [2.45, 2.75) is 6.42 Å². The van der Waals surface area contributed by atoms with Crippen LogP contribution in [0.2, 0.25) is 0 Å². The van der Waals surface area contributed by atoms with Gasteiger partial charge in [0.2, 0.25) is 0 Å². The smallest absolute Gasteiger partial charge is 0.274 e. The van der Waals surface area contributed by atoms with Crippen molar-refractivity contribution in [3.05, 3.63) is 47.8 Å². The Morgan fingerprint density at radius 3 is 2.58 bits per heavy atom. The van der Waals surface area contributed by atoms with Crippen molar-refractivity contribution in [3.63, 3.8) is 0 Å². The van der Waals surface area contributed by atoms with Crippen molar-refractivity contribution >= 4 is 24.2 Å². The molecule has 8 heteroatoms. The van der Waals surface area contributed by atoms with Crippen LogP contribution in [0.3, 0.4) is 0 Å². The van der Waals surface area contributed by atoms with Crippen LogP contribution < -0.4 is 11.1 Å². The number of carbonyl (C=O) groups excluding carboxylic acids is 2. The molecule has 1 aliphatic heterocycles. The van der Waals surface area contributed by atoms with E-state index in [0.29, 0.717) is 18.8 Å². The zero-order valence-corrected chi connectivity index (χ0v) is 14.0. The summed E-state index contributed by atoms with van der Waals surface area (Å²) in [7, 11) is 0. The Bertz CT molecular complexity index is 709. The molecular formula is C16H20ClN5O2. The van der Waals surface area contributed by atoms with E-state index in [-0.39, 0.29) is 29.7 Å². The van der Waals surface area contributed by atoms with E-state index >= 15 is 0 Å². The van der Waals surface area contributed by atoms with Crippen LogP contribution in [0.4, 0.5) is 0 Å². The van der Waals surface area contributed by atoms with Crippen molar-refractivity contribution in [3.8, 4) is 5.69 Å². The Balaban J connectivity index is 0.00000208. The normalized spacial score (nSPS) is 14.6. The first-order chi connectivity index (χ1) is 11.2. The summed E-state index contributed by atoms with van der Waals surface area (Å²) in [6, 6.07) is 10.6. The van der Waals surface area contributed by atoms with Crippen molar-refractivity contribution < 1.29 is 9.59 Å². The highest BCUT2D eigenvalue weighted by Crippen LogP contribution is 2.14. The minimum Gasteiger partial charge on any atom is -0.364 e. The molecule has 2 amide bonds. The molecule has 0 saturated carbocycles. The van der Waals surface area contributed by atoms with E-state index in [0.717, 1.165) is 19.5 Å². The first-order valence-electron chi connectivity index (χ1n) is 7.62. The first kappa shape index (κ1) is 18.0. The number of halogens is 1. The fourth-order valence-corrected chi connectivity index (χ4v) is 2.64. The van der Waals surface area contributed by atoms with Gasteiger partial charge in [-0.3, -0.25) is 9.59 Å². The van der Waals surface area contributed by atoms with Gasteiger partial charge in [0, 0.05) is 25.7 Å². The molecule has 2 heterocycles. The van der Waals surface area contributed by atoms with E-state index in [4.69, 9.17) is 5.73 Å². The van der Waals surface area contributed by atoms with E-state index in [1.54, 1.807) is 4.90 Å². The number of aromatic nitrogens is 2. The summed E-state index contributed by atoms with van der Waals surface area (Å²) in [6.07, 6.45) is 0.897. The number of para-hydroxylation sites is 1. The SMILES string of the molecule is Cl.NC(=O)c1cc(C(=O)N2CCCNCC2)nn1-c1ccccc1. The number of amides is 2. The fourth-order valence-electron chi connectivity index (χ4n) is 2.64. The van der Waals surface area contributed by atoms with Gasteiger partial charge in [-0.2, -0.15) is 5.10 Å². The van der Waals surface area contributed by atoms with Crippen LogP contribution in [0.25, 0.3) is 5.69 Å².